The molecule has 0 saturated carbocycles. The number of ether oxygens (including phenoxy) is 3. The molecule has 26 heavy (non-hydrogen) atoms. The van der Waals surface area contributed by atoms with Gasteiger partial charge in [0, 0.05) is 0 Å². The van der Waals surface area contributed by atoms with E-state index in [2.05, 4.69) is 6.07 Å². The van der Waals surface area contributed by atoms with E-state index in [1.807, 2.05) is 26.8 Å². The van der Waals surface area contributed by atoms with Crippen LogP contribution in [-0.4, -0.2) is 39.5 Å². The molecule has 2 rings (SSSR count). The maximum atomic E-state index is 12.3. The Morgan fingerprint density at radius 2 is 1.85 bits per heavy atom. The second-order valence-electron chi connectivity index (χ2n) is 6.81. The van der Waals surface area contributed by atoms with Crippen molar-refractivity contribution in [2.45, 2.75) is 26.2 Å². The molecule has 0 aromatic heterocycles. The van der Waals surface area contributed by atoms with Gasteiger partial charge in [-0.05, 0) is 23.1 Å². The Bertz CT molecular complexity index is 799. The fourth-order valence-electron chi connectivity index (χ4n) is 2.66. The molecule has 0 spiro atoms. The third kappa shape index (κ3) is 3.70. The fourth-order valence-corrected chi connectivity index (χ4v) is 2.66. The van der Waals surface area contributed by atoms with Crippen molar-refractivity contribution < 1.29 is 23.8 Å². The molecular formula is C19H22N2O5. The van der Waals surface area contributed by atoms with Gasteiger partial charge in [-0.15, -0.1) is 0 Å². The highest BCUT2D eigenvalue weighted by atomic mass is 16.5. The summed E-state index contributed by atoms with van der Waals surface area (Å²) in [6.07, 6.45) is 0. The molecule has 0 fully saturated rings. The number of anilines is 1. The lowest BCUT2D eigenvalue weighted by atomic mass is 9.86. The molecule has 0 amide bonds. The molecule has 1 aromatic carbocycles. The van der Waals surface area contributed by atoms with Crippen LogP contribution in [0.3, 0.4) is 0 Å². The van der Waals surface area contributed by atoms with Crippen molar-refractivity contribution in [2.75, 3.05) is 32.5 Å². The van der Waals surface area contributed by atoms with E-state index in [0.717, 1.165) is 5.56 Å². The third-order valence-corrected chi connectivity index (χ3v) is 4.11. The van der Waals surface area contributed by atoms with Crippen molar-refractivity contribution in [2.24, 2.45) is 0 Å². The fraction of sp³-hybridized carbons (Fsp3) is 0.421. The van der Waals surface area contributed by atoms with Crippen LogP contribution in [0.15, 0.2) is 29.5 Å². The van der Waals surface area contributed by atoms with E-state index in [-0.39, 0.29) is 30.0 Å². The van der Waals surface area contributed by atoms with E-state index in [9.17, 15) is 14.9 Å². The lowest BCUT2D eigenvalue weighted by molar-refractivity contribution is -0.140. The Balaban J connectivity index is 2.64. The molecule has 7 heteroatoms. The minimum atomic E-state index is -0.697. The average molecular weight is 358 g/mol. The molecule has 0 bridgehead atoms. The molecule has 0 atom stereocenters. The number of esters is 2. The van der Waals surface area contributed by atoms with Crippen LogP contribution in [0, 0.1) is 11.3 Å². The smallest absolute Gasteiger partial charge is 0.355 e. The number of rotatable bonds is 3. The summed E-state index contributed by atoms with van der Waals surface area (Å²) in [5.41, 5.74) is 1.74. The van der Waals surface area contributed by atoms with Crippen molar-refractivity contribution in [3.05, 3.63) is 40.6 Å². The molecule has 1 aliphatic rings. The van der Waals surface area contributed by atoms with Crippen molar-refractivity contribution in [3.63, 3.8) is 0 Å². The van der Waals surface area contributed by atoms with Crippen molar-refractivity contribution >= 4 is 17.6 Å². The number of nitrogens with zero attached hydrogens (tertiary/aromatic N) is 2. The van der Waals surface area contributed by atoms with Gasteiger partial charge in [0.05, 0.1) is 37.7 Å². The number of hydrogen-bond donors (Lipinski definition) is 0. The van der Waals surface area contributed by atoms with E-state index in [1.54, 1.807) is 12.1 Å². The van der Waals surface area contributed by atoms with Gasteiger partial charge >= 0.3 is 11.9 Å². The molecule has 0 aliphatic carbocycles. The Hall–Kier alpha value is -2.85. The number of nitriles is 1. The summed E-state index contributed by atoms with van der Waals surface area (Å²) in [6, 6.07) is 7.56. The van der Waals surface area contributed by atoms with Crippen molar-refractivity contribution in [3.8, 4) is 6.07 Å². The van der Waals surface area contributed by atoms with Crippen LogP contribution in [0.2, 0.25) is 0 Å². The zero-order chi connectivity index (χ0) is 19.5. The minimum absolute atomic E-state index is 0.00840. The lowest BCUT2D eigenvalue weighted by Gasteiger charge is -2.32. The molecule has 1 aliphatic heterocycles. The molecule has 7 nitrogen and oxygen atoms in total. The van der Waals surface area contributed by atoms with Gasteiger partial charge in [-0.2, -0.15) is 5.26 Å². The van der Waals surface area contributed by atoms with Gasteiger partial charge in [0.2, 0.25) is 0 Å². The van der Waals surface area contributed by atoms with E-state index in [0.29, 0.717) is 11.3 Å². The maximum absolute atomic E-state index is 12.3. The van der Waals surface area contributed by atoms with Gasteiger partial charge in [-0.25, -0.2) is 9.59 Å². The minimum Gasteiger partial charge on any atom is -0.466 e. The Labute approximate surface area is 152 Å². The molecular weight excluding hydrogens is 336 g/mol. The van der Waals surface area contributed by atoms with Crippen LogP contribution in [0.4, 0.5) is 5.69 Å². The zero-order valence-corrected chi connectivity index (χ0v) is 15.6. The maximum Gasteiger partial charge on any atom is 0.355 e. The van der Waals surface area contributed by atoms with Crippen LogP contribution in [-0.2, 0) is 29.2 Å². The monoisotopic (exact) mass is 358 g/mol. The molecule has 0 N–H and O–H groups in total. The summed E-state index contributed by atoms with van der Waals surface area (Å²) < 4.78 is 15.0. The Morgan fingerprint density at radius 1 is 1.19 bits per heavy atom. The average Bonchev–Trinajstić information content (AvgIpc) is 2.64. The summed E-state index contributed by atoms with van der Waals surface area (Å²) in [7, 11) is 2.45. The molecule has 138 valence electrons. The van der Waals surface area contributed by atoms with E-state index in [4.69, 9.17) is 14.2 Å². The number of hydrogen-bond acceptors (Lipinski definition) is 7. The Morgan fingerprint density at radius 3 is 2.38 bits per heavy atom. The highest BCUT2D eigenvalue weighted by Gasteiger charge is 2.33. The van der Waals surface area contributed by atoms with E-state index in [1.165, 1.54) is 19.1 Å². The molecule has 0 unspecified atom stereocenters. The first-order chi connectivity index (χ1) is 12.2. The molecule has 0 radical (unpaired) electrons. The summed E-state index contributed by atoms with van der Waals surface area (Å²) in [6.45, 7) is 6.07. The van der Waals surface area contributed by atoms with Crippen molar-refractivity contribution in [1.29, 1.82) is 5.26 Å². The first-order valence-electron chi connectivity index (χ1n) is 8.04. The summed E-state index contributed by atoms with van der Waals surface area (Å²) >= 11 is 0. The summed E-state index contributed by atoms with van der Waals surface area (Å²) in [5, 5.41) is 9.60. The van der Waals surface area contributed by atoms with Gasteiger partial charge in [0.25, 0.3) is 0 Å². The standard InChI is InChI=1S/C19H22N2O5/c1-19(2,3)13-6-7-15(12(8-13)9-20)21-11-26-10-14(17(22)24-4)16(21)18(23)25-5/h6-8H,10-11H2,1-5H3. The van der Waals surface area contributed by atoms with Crippen LogP contribution in [0.25, 0.3) is 0 Å². The topological polar surface area (TPSA) is 88.9 Å². The highest BCUT2D eigenvalue weighted by Crippen LogP contribution is 2.32. The largest absolute Gasteiger partial charge is 0.466 e. The quantitative estimate of drug-likeness (QED) is 0.766. The van der Waals surface area contributed by atoms with Gasteiger partial charge in [-0.1, -0.05) is 26.8 Å². The van der Waals surface area contributed by atoms with Crippen molar-refractivity contribution in [1.82, 2.24) is 0 Å². The van der Waals surface area contributed by atoms with Gasteiger partial charge in [-0.3, -0.25) is 0 Å². The second-order valence-corrected chi connectivity index (χ2v) is 6.81. The first-order valence-corrected chi connectivity index (χ1v) is 8.04. The number of carbonyl (C=O) groups excluding carboxylic acids is 2. The van der Waals surface area contributed by atoms with Gasteiger partial charge < -0.3 is 19.1 Å². The van der Waals surface area contributed by atoms with E-state index >= 15 is 0 Å². The summed E-state index contributed by atoms with van der Waals surface area (Å²) in [4.78, 5) is 25.9. The predicted octanol–water partition coefficient (Wildman–Crippen LogP) is 2.25. The lowest BCUT2D eigenvalue weighted by Crippen LogP contribution is -2.39. The SMILES string of the molecule is COC(=O)C1=C(C(=O)OC)N(c2ccc(C(C)(C)C)cc2C#N)COC1. The second kappa shape index (κ2) is 7.58. The first kappa shape index (κ1) is 19.5. The zero-order valence-electron chi connectivity index (χ0n) is 15.6. The van der Waals surface area contributed by atoms with Crippen LogP contribution >= 0.6 is 0 Å². The number of benzene rings is 1. The number of carbonyl (C=O) groups is 2. The van der Waals surface area contributed by atoms with Crippen LogP contribution in [0.1, 0.15) is 31.9 Å². The normalized spacial score (nSPS) is 14.7. The molecule has 1 heterocycles. The number of methoxy groups -OCH3 is 2. The van der Waals surface area contributed by atoms with Gasteiger partial charge in [0.1, 0.15) is 18.5 Å². The Kier molecular flexibility index (Phi) is 5.68. The molecule has 1 aromatic rings. The summed E-state index contributed by atoms with van der Waals surface area (Å²) in [5.74, 6) is -1.38. The van der Waals surface area contributed by atoms with Crippen LogP contribution < -0.4 is 4.90 Å². The van der Waals surface area contributed by atoms with E-state index < -0.39 is 11.9 Å². The molecule has 0 saturated heterocycles. The van der Waals surface area contributed by atoms with Crippen LogP contribution in [0.5, 0.6) is 0 Å². The predicted molar refractivity (Wildman–Crippen MR) is 94.2 cm³/mol. The van der Waals surface area contributed by atoms with Gasteiger partial charge in [0.15, 0.2) is 0 Å². The third-order valence-electron chi connectivity index (χ3n) is 4.11. The highest BCUT2D eigenvalue weighted by molar-refractivity contribution is 6.03.